The van der Waals surface area contributed by atoms with E-state index in [1.807, 2.05) is 0 Å². The van der Waals surface area contributed by atoms with E-state index in [4.69, 9.17) is 5.11 Å². The molecule has 0 bridgehead atoms. The summed E-state index contributed by atoms with van der Waals surface area (Å²) in [5.41, 5.74) is 2.19. The summed E-state index contributed by atoms with van der Waals surface area (Å²) < 4.78 is 0. The average molecular weight is 206 g/mol. The van der Waals surface area contributed by atoms with Crippen LogP contribution in [0.4, 0.5) is 0 Å². The maximum atomic E-state index is 11.0. The van der Waals surface area contributed by atoms with Crippen LogP contribution in [0.25, 0.3) is 0 Å². The largest absolute Gasteiger partial charge is 0.508 e. The molecule has 0 fully saturated rings. The Balaban J connectivity index is 2.54. The highest BCUT2D eigenvalue weighted by Gasteiger charge is 2.17. The van der Waals surface area contributed by atoms with Gasteiger partial charge in [0.25, 0.3) is 0 Å². The summed E-state index contributed by atoms with van der Waals surface area (Å²) in [7, 11) is 0. The number of carboxylic acid groups (broad SMARTS) is 1. The first-order valence-electron chi connectivity index (χ1n) is 5.26. The molecule has 0 saturated heterocycles. The second-order valence-electron chi connectivity index (χ2n) is 4.00. The van der Waals surface area contributed by atoms with Crippen molar-refractivity contribution in [3.63, 3.8) is 0 Å². The number of hydrogen-bond acceptors (Lipinski definition) is 2. The van der Waals surface area contributed by atoms with Gasteiger partial charge in [0.05, 0.1) is 5.56 Å². The van der Waals surface area contributed by atoms with Gasteiger partial charge in [-0.15, -0.1) is 0 Å². The number of aryl methyl sites for hydroxylation is 1. The molecule has 3 nitrogen and oxygen atoms in total. The zero-order chi connectivity index (χ0) is 10.8. The Morgan fingerprint density at radius 1 is 1.13 bits per heavy atom. The molecule has 0 atom stereocenters. The molecule has 0 saturated carbocycles. The Hall–Kier alpha value is -1.51. The first kappa shape index (κ1) is 10.0. The van der Waals surface area contributed by atoms with Gasteiger partial charge in [-0.25, -0.2) is 4.79 Å². The third-order valence-corrected chi connectivity index (χ3v) is 2.93. The minimum atomic E-state index is -0.941. The SMILES string of the molecule is O=C(O)c1cc(O)cc2c1CCCCC2. The first-order valence-corrected chi connectivity index (χ1v) is 5.26. The number of carboxylic acids is 1. The van der Waals surface area contributed by atoms with Crippen LogP contribution in [-0.2, 0) is 12.8 Å². The molecule has 0 unspecified atom stereocenters. The van der Waals surface area contributed by atoms with Crippen LogP contribution in [0.3, 0.4) is 0 Å². The highest BCUT2D eigenvalue weighted by molar-refractivity contribution is 5.90. The lowest BCUT2D eigenvalue weighted by Gasteiger charge is -2.09. The maximum Gasteiger partial charge on any atom is 0.336 e. The standard InChI is InChI=1S/C12H14O3/c13-9-6-8-4-2-1-3-5-10(8)11(7-9)12(14)15/h6-7,13H,1-5H2,(H,14,15). The molecule has 0 aromatic heterocycles. The van der Waals surface area contributed by atoms with Crippen molar-refractivity contribution >= 4 is 5.97 Å². The predicted octanol–water partition coefficient (Wildman–Crippen LogP) is 2.36. The Kier molecular flexibility index (Phi) is 2.62. The Bertz CT molecular complexity index is 396. The van der Waals surface area contributed by atoms with Gasteiger partial charge in [-0.05, 0) is 48.9 Å². The van der Waals surface area contributed by atoms with Crippen LogP contribution in [0.15, 0.2) is 12.1 Å². The fourth-order valence-corrected chi connectivity index (χ4v) is 2.22. The lowest BCUT2D eigenvalue weighted by atomic mass is 9.96. The van der Waals surface area contributed by atoms with Crippen LogP contribution in [0.1, 0.15) is 40.7 Å². The molecule has 80 valence electrons. The molecule has 3 heteroatoms. The van der Waals surface area contributed by atoms with Crippen molar-refractivity contribution in [1.82, 2.24) is 0 Å². The number of aromatic carboxylic acids is 1. The predicted molar refractivity (Wildman–Crippen MR) is 56.3 cm³/mol. The molecule has 1 aliphatic carbocycles. The number of hydrogen-bond donors (Lipinski definition) is 2. The van der Waals surface area contributed by atoms with Gasteiger partial charge in [-0.1, -0.05) is 6.42 Å². The van der Waals surface area contributed by atoms with E-state index in [1.165, 1.54) is 6.07 Å². The zero-order valence-corrected chi connectivity index (χ0v) is 8.49. The van der Waals surface area contributed by atoms with E-state index < -0.39 is 5.97 Å². The molecule has 15 heavy (non-hydrogen) atoms. The maximum absolute atomic E-state index is 11.0. The third kappa shape index (κ3) is 1.96. The van der Waals surface area contributed by atoms with Gasteiger partial charge in [0.2, 0.25) is 0 Å². The summed E-state index contributed by atoms with van der Waals surface area (Å²) in [4.78, 5) is 11.0. The van der Waals surface area contributed by atoms with E-state index in [0.717, 1.165) is 43.2 Å². The van der Waals surface area contributed by atoms with Crippen molar-refractivity contribution in [2.45, 2.75) is 32.1 Å². The van der Waals surface area contributed by atoms with Crippen molar-refractivity contribution in [3.8, 4) is 5.75 Å². The van der Waals surface area contributed by atoms with E-state index in [9.17, 15) is 9.90 Å². The molecular formula is C12H14O3. The number of fused-ring (bicyclic) bond motifs is 1. The lowest BCUT2D eigenvalue weighted by molar-refractivity contribution is 0.0695. The summed E-state index contributed by atoms with van der Waals surface area (Å²) in [6.45, 7) is 0. The van der Waals surface area contributed by atoms with Gasteiger partial charge in [-0.2, -0.15) is 0 Å². The van der Waals surface area contributed by atoms with Crippen molar-refractivity contribution in [2.75, 3.05) is 0 Å². The summed E-state index contributed by atoms with van der Waals surface area (Å²) >= 11 is 0. The summed E-state index contributed by atoms with van der Waals surface area (Å²) in [5, 5.41) is 18.5. The molecular weight excluding hydrogens is 192 g/mol. The molecule has 2 rings (SSSR count). The Labute approximate surface area is 88.4 Å². The van der Waals surface area contributed by atoms with Crippen molar-refractivity contribution in [1.29, 1.82) is 0 Å². The second kappa shape index (κ2) is 3.93. The van der Waals surface area contributed by atoms with Crippen molar-refractivity contribution in [2.24, 2.45) is 0 Å². The number of benzene rings is 1. The summed E-state index contributed by atoms with van der Waals surface area (Å²) in [6, 6.07) is 3.06. The van der Waals surface area contributed by atoms with Gasteiger partial charge < -0.3 is 10.2 Å². The van der Waals surface area contributed by atoms with Crippen LogP contribution in [0.2, 0.25) is 0 Å². The second-order valence-corrected chi connectivity index (χ2v) is 4.00. The molecule has 0 spiro atoms. The van der Waals surface area contributed by atoms with Gasteiger partial charge in [0.15, 0.2) is 0 Å². The fourth-order valence-electron chi connectivity index (χ4n) is 2.22. The molecule has 1 aliphatic rings. The van der Waals surface area contributed by atoms with Crippen molar-refractivity contribution in [3.05, 3.63) is 28.8 Å². The molecule has 0 aliphatic heterocycles. The van der Waals surface area contributed by atoms with E-state index >= 15 is 0 Å². The monoisotopic (exact) mass is 206 g/mol. The highest BCUT2D eigenvalue weighted by atomic mass is 16.4. The average Bonchev–Trinajstić information content (AvgIpc) is 2.41. The fraction of sp³-hybridized carbons (Fsp3) is 0.417. The van der Waals surface area contributed by atoms with E-state index in [0.29, 0.717) is 0 Å². The van der Waals surface area contributed by atoms with Gasteiger partial charge >= 0.3 is 5.97 Å². The van der Waals surface area contributed by atoms with Gasteiger partial charge in [-0.3, -0.25) is 0 Å². The number of aromatic hydroxyl groups is 1. The number of phenols is 1. The quantitative estimate of drug-likeness (QED) is 0.693. The van der Waals surface area contributed by atoms with E-state index in [1.54, 1.807) is 6.07 Å². The van der Waals surface area contributed by atoms with E-state index in [-0.39, 0.29) is 11.3 Å². The lowest BCUT2D eigenvalue weighted by Crippen LogP contribution is -2.05. The minimum absolute atomic E-state index is 0.0630. The Morgan fingerprint density at radius 2 is 1.87 bits per heavy atom. The van der Waals surface area contributed by atoms with Gasteiger partial charge in [0.1, 0.15) is 5.75 Å². The van der Waals surface area contributed by atoms with Crippen LogP contribution >= 0.6 is 0 Å². The molecule has 2 N–H and O–H groups in total. The molecule has 1 aromatic carbocycles. The Morgan fingerprint density at radius 3 is 2.60 bits per heavy atom. The number of carbonyl (C=O) groups is 1. The van der Waals surface area contributed by atoms with Crippen LogP contribution in [-0.4, -0.2) is 16.2 Å². The normalized spacial score (nSPS) is 15.5. The van der Waals surface area contributed by atoms with E-state index in [2.05, 4.69) is 0 Å². The van der Waals surface area contributed by atoms with Crippen molar-refractivity contribution < 1.29 is 15.0 Å². The minimum Gasteiger partial charge on any atom is -0.508 e. The molecule has 0 amide bonds. The highest BCUT2D eigenvalue weighted by Crippen LogP contribution is 2.28. The third-order valence-electron chi connectivity index (χ3n) is 2.93. The molecule has 1 aromatic rings. The first-order chi connectivity index (χ1) is 7.18. The van der Waals surface area contributed by atoms with Crippen LogP contribution in [0, 0.1) is 0 Å². The number of phenolic OH excluding ortho intramolecular Hbond substituents is 1. The number of rotatable bonds is 1. The topological polar surface area (TPSA) is 57.5 Å². The molecule has 0 radical (unpaired) electrons. The van der Waals surface area contributed by atoms with Crippen LogP contribution in [0.5, 0.6) is 5.75 Å². The summed E-state index contributed by atoms with van der Waals surface area (Å²) in [6.07, 6.45) is 4.95. The van der Waals surface area contributed by atoms with Crippen LogP contribution < -0.4 is 0 Å². The summed E-state index contributed by atoms with van der Waals surface area (Å²) in [5.74, 6) is -0.878. The molecule has 0 heterocycles. The zero-order valence-electron chi connectivity index (χ0n) is 8.49. The van der Waals surface area contributed by atoms with Gasteiger partial charge in [0, 0.05) is 0 Å². The smallest absolute Gasteiger partial charge is 0.336 e.